The van der Waals surface area contributed by atoms with Gasteiger partial charge in [0.25, 0.3) is 0 Å². The molecule has 0 bridgehead atoms. The zero-order valence-corrected chi connectivity index (χ0v) is 20.0. The number of benzene rings is 1. The van der Waals surface area contributed by atoms with E-state index in [0.717, 1.165) is 61.0 Å². The number of hydrogen-bond acceptors (Lipinski definition) is 8. The molecule has 4 aromatic rings. The Morgan fingerprint density at radius 3 is 2.56 bits per heavy atom. The maximum atomic E-state index is 5.87. The van der Waals surface area contributed by atoms with Crippen molar-refractivity contribution in [3.05, 3.63) is 66.7 Å². The van der Waals surface area contributed by atoms with Gasteiger partial charge in [0, 0.05) is 44.8 Å². The van der Waals surface area contributed by atoms with Crippen LogP contribution in [0.1, 0.15) is 18.0 Å². The molecule has 1 fully saturated rings. The van der Waals surface area contributed by atoms with E-state index >= 15 is 0 Å². The van der Waals surface area contributed by atoms with E-state index in [1.54, 1.807) is 6.20 Å². The second kappa shape index (κ2) is 10.8. The number of aromatic nitrogens is 5. The van der Waals surface area contributed by atoms with Crippen LogP contribution in [0.2, 0.25) is 0 Å². The number of rotatable bonds is 7. The predicted molar refractivity (Wildman–Crippen MR) is 137 cm³/mol. The number of fused-ring (bicyclic) bond motifs is 1. The Kier molecular flexibility index (Phi) is 7.56. The third kappa shape index (κ3) is 4.96. The van der Waals surface area contributed by atoms with Crippen molar-refractivity contribution >= 4 is 29.8 Å². The minimum absolute atomic E-state index is 0. The SMILES string of the molecule is CN1CCN(c2nccn3c(-c4ccnc(NC(CCN)c5ccccc5)n4)cnc23)CC1.Cl. The van der Waals surface area contributed by atoms with Crippen LogP contribution in [0.5, 0.6) is 0 Å². The number of piperazine rings is 1. The lowest BCUT2D eigenvalue weighted by molar-refractivity contribution is 0.312. The van der Waals surface area contributed by atoms with E-state index in [-0.39, 0.29) is 18.4 Å². The molecule has 34 heavy (non-hydrogen) atoms. The Hall–Kier alpha value is -3.27. The molecule has 1 saturated heterocycles. The summed E-state index contributed by atoms with van der Waals surface area (Å²) in [6.45, 7) is 4.48. The molecule has 0 radical (unpaired) electrons. The highest BCUT2D eigenvalue weighted by atomic mass is 35.5. The molecule has 178 valence electrons. The molecular weight excluding hydrogens is 450 g/mol. The minimum atomic E-state index is 0. The summed E-state index contributed by atoms with van der Waals surface area (Å²) in [5.74, 6) is 1.48. The molecule has 1 aliphatic heterocycles. The third-order valence-electron chi connectivity index (χ3n) is 6.09. The first-order valence-electron chi connectivity index (χ1n) is 11.3. The van der Waals surface area contributed by atoms with Gasteiger partial charge >= 0.3 is 0 Å². The minimum Gasteiger partial charge on any atom is -0.351 e. The molecule has 0 aliphatic carbocycles. The van der Waals surface area contributed by atoms with Gasteiger partial charge in [-0.3, -0.25) is 4.40 Å². The lowest BCUT2D eigenvalue weighted by Crippen LogP contribution is -2.45. The summed E-state index contributed by atoms with van der Waals surface area (Å²) in [6, 6.07) is 12.2. The molecular formula is C24H30ClN9. The summed E-state index contributed by atoms with van der Waals surface area (Å²) in [7, 11) is 2.15. The monoisotopic (exact) mass is 479 g/mol. The summed E-state index contributed by atoms with van der Waals surface area (Å²) >= 11 is 0. The van der Waals surface area contributed by atoms with Crippen LogP contribution in [-0.2, 0) is 0 Å². The second-order valence-electron chi connectivity index (χ2n) is 8.33. The Bertz CT molecular complexity index is 1210. The number of anilines is 2. The molecule has 1 atom stereocenters. The number of hydrogen-bond donors (Lipinski definition) is 2. The van der Waals surface area contributed by atoms with Gasteiger partial charge in [-0.2, -0.15) is 0 Å². The Morgan fingerprint density at radius 2 is 1.79 bits per heavy atom. The van der Waals surface area contributed by atoms with Crippen molar-refractivity contribution in [2.45, 2.75) is 12.5 Å². The van der Waals surface area contributed by atoms with Crippen molar-refractivity contribution in [3.8, 4) is 11.4 Å². The molecule has 9 nitrogen and oxygen atoms in total. The number of nitrogens with zero attached hydrogens (tertiary/aromatic N) is 7. The Morgan fingerprint density at radius 1 is 1.00 bits per heavy atom. The molecule has 0 amide bonds. The van der Waals surface area contributed by atoms with E-state index in [0.29, 0.717) is 12.5 Å². The first-order chi connectivity index (χ1) is 16.2. The fourth-order valence-corrected chi connectivity index (χ4v) is 4.24. The zero-order chi connectivity index (χ0) is 22.6. The highest BCUT2D eigenvalue weighted by molar-refractivity contribution is 5.85. The lowest BCUT2D eigenvalue weighted by atomic mass is 10.0. The maximum absolute atomic E-state index is 5.87. The van der Waals surface area contributed by atoms with Gasteiger partial charge < -0.3 is 20.9 Å². The first-order valence-corrected chi connectivity index (χ1v) is 11.3. The fraction of sp³-hybridized carbons (Fsp3) is 0.333. The quantitative estimate of drug-likeness (QED) is 0.417. The number of imidazole rings is 1. The summed E-state index contributed by atoms with van der Waals surface area (Å²) < 4.78 is 2.06. The summed E-state index contributed by atoms with van der Waals surface area (Å²) in [5, 5.41) is 3.46. The molecule has 3 N–H and O–H groups in total. The smallest absolute Gasteiger partial charge is 0.223 e. The van der Waals surface area contributed by atoms with Crippen molar-refractivity contribution in [2.24, 2.45) is 5.73 Å². The van der Waals surface area contributed by atoms with Crippen molar-refractivity contribution in [2.75, 3.05) is 50.0 Å². The van der Waals surface area contributed by atoms with Crippen LogP contribution in [0.3, 0.4) is 0 Å². The topological polar surface area (TPSA) is 100 Å². The molecule has 3 aromatic heterocycles. The van der Waals surface area contributed by atoms with Crippen LogP contribution in [-0.4, -0.2) is 69.0 Å². The molecule has 5 rings (SSSR count). The molecule has 1 unspecified atom stereocenters. The van der Waals surface area contributed by atoms with Gasteiger partial charge in [0.1, 0.15) is 0 Å². The van der Waals surface area contributed by atoms with E-state index in [2.05, 4.69) is 48.7 Å². The number of likely N-dealkylation sites (N-methyl/N-ethyl adjacent to an activating group) is 1. The van der Waals surface area contributed by atoms with E-state index in [1.165, 1.54) is 0 Å². The van der Waals surface area contributed by atoms with Crippen LogP contribution < -0.4 is 16.0 Å². The van der Waals surface area contributed by atoms with Crippen molar-refractivity contribution in [1.82, 2.24) is 29.2 Å². The third-order valence-corrected chi connectivity index (χ3v) is 6.09. The molecule has 0 spiro atoms. The molecule has 10 heteroatoms. The Balaban J connectivity index is 0.00000274. The standard InChI is InChI=1S/C24H29N9.ClH/c1-31-13-15-32(16-14-31)22-23-28-17-21(33(23)12-11-26-22)20-8-10-27-24(30-20)29-19(7-9-25)18-5-3-2-4-6-18;/h2-6,8,10-12,17,19H,7,9,13-16,25H2,1H3,(H,27,29,30);1H. The average Bonchev–Trinajstić information content (AvgIpc) is 3.30. The fourth-order valence-electron chi connectivity index (χ4n) is 4.24. The van der Waals surface area contributed by atoms with Gasteiger partial charge in [-0.1, -0.05) is 30.3 Å². The molecule has 1 aliphatic rings. The van der Waals surface area contributed by atoms with Crippen LogP contribution in [0.4, 0.5) is 11.8 Å². The zero-order valence-electron chi connectivity index (χ0n) is 19.2. The summed E-state index contributed by atoms with van der Waals surface area (Å²) in [6.07, 6.45) is 8.19. The van der Waals surface area contributed by atoms with E-state index < -0.39 is 0 Å². The van der Waals surface area contributed by atoms with Gasteiger partial charge in [0.15, 0.2) is 11.5 Å². The normalized spacial score (nSPS) is 15.2. The van der Waals surface area contributed by atoms with E-state index in [1.807, 2.05) is 42.9 Å². The second-order valence-corrected chi connectivity index (χ2v) is 8.33. The van der Waals surface area contributed by atoms with Crippen LogP contribution in [0.25, 0.3) is 17.0 Å². The van der Waals surface area contributed by atoms with Crippen LogP contribution >= 0.6 is 12.4 Å². The predicted octanol–water partition coefficient (Wildman–Crippen LogP) is 2.86. The van der Waals surface area contributed by atoms with Gasteiger partial charge in [0.2, 0.25) is 5.95 Å². The Labute approximate surface area is 205 Å². The number of nitrogens with two attached hydrogens (primary N) is 1. The summed E-state index contributed by atoms with van der Waals surface area (Å²) in [4.78, 5) is 23.2. The molecule has 4 heterocycles. The van der Waals surface area contributed by atoms with E-state index in [9.17, 15) is 0 Å². The van der Waals surface area contributed by atoms with Crippen molar-refractivity contribution in [1.29, 1.82) is 0 Å². The lowest BCUT2D eigenvalue weighted by Gasteiger charge is -2.33. The number of halogens is 1. The first kappa shape index (κ1) is 23.9. The highest BCUT2D eigenvalue weighted by Crippen LogP contribution is 2.26. The molecule has 1 aromatic carbocycles. The van der Waals surface area contributed by atoms with Gasteiger partial charge in [-0.05, 0) is 31.6 Å². The highest BCUT2D eigenvalue weighted by Gasteiger charge is 2.20. The average molecular weight is 480 g/mol. The molecule has 0 saturated carbocycles. The van der Waals surface area contributed by atoms with E-state index in [4.69, 9.17) is 15.7 Å². The van der Waals surface area contributed by atoms with Gasteiger partial charge in [-0.15, -0.1) is 12.4 Å². The van der Waals surface area contributed by atoms with Gasteiger partial charge in [-0.25, -0.2) is 19.9 Å². The van der Waals surface area contributed by atoms with Crippen molar-refractivity contribution in [3.63, 3.8) is 0 Å². The van der Waals surface area contributed by atoms with Gasteiger partial charge in [0.05, 0.1) is 23.6 Å². The van der Waals surface area contributed by atoms with Crippen LogP contribution in [0.15, 0.2) is 61.2 Å². The maximum Gasteiger partial charge on any atom is 0.223 e. The summed E-state index contributed by atoms with van der Waals surface area (Å²) in [5.41, 5.74) is 9.58. The van der Waals surface area contributed by atoms with Crippen molar-refractivity contribution < 1.29 is 0 Å². The number of nitrogens with one attached hydrogen (secondary N) is 1. The van der Waals surface area contributed by atoms with Crippen LogP contribution in [0, 0.1) is 0 Å². The largest absolute Gasteiger partial charge is 0.351 e.